The summed E-state index contributed by atoms with van der Waals surface area (Å²) in [5.74, 6) is -0.186. The van der Waals surface area contributed by atoms with Gasteiger partial charge in [-0.15, -0.1) is 0 Å². The second-order valence-corrected chi connectivity index (χ2v) is 4.84. The molecular weight excluding hydrogens is 272 g/mol. The fourth-order valence-electron chi connectivity index (χ4n) is 1.79. The van der Waals surface area contributed by atoms with E-state index in [0.717, 1.165) is 19.3 Å². The standard InChI is InChI=1S/C11H13BrN2O2/c12-9-8(3-1-6-13-9)10(16)14-11(7-15)4-2-5-11/h1,3,6,15H,2,4-5,7H2,(H,14,16). The zero-order chi connectivity index (χ0) is 11.6. The number of aromatic nitrogens is 1. The van der Waals surface area contributed by atoms with Gasteiger partial charge in [0, 0.05) is 6.20 Å². The highest BCUT2D eigenvalue weighted by Crippen LogP contribution is 2.31. The van der Waals surface area contributed by atoms with Crippen LogP contribution in [0.4, 0.5) is 0 Å². The molecule has 16 heavy (non-hydrogen) atoms. The van der Waals surface area contributed by atoms with E-state index in [9.17, 15) is 9.90 Å². The number of pyridine rings is 1. The second-order valence-electron chi connectivity index (χ2n) is 4.09. The normalized spacial score (nSPS) is 17.6. The number of nitrogens with zero attached hydrogens (tertiary/aromatic N) is 1. The summed E-state index contributed by atoms with van der Waals surface area (Å²) in [4.78, 5) is 15.9. The third-order valence-corrected chi connectivity index (χ3v) is 3.63. The lowest BCUT2D eigenvalue weighted by Crippen LogP contribution is -2.56. The van der Waals surface area contributed by atoms with Crippen LogP contribution in [0.15, 0.2) is 22.9 Å². The van der Waals surface area contributed by atoms with Gasteiger partial charge in [-0.05, 0) is 47.3 Å². The molecular formula is C11H13BrN2O2. The zero-order valence-electron chi connectivity index (χ0n) is 8.74. The summed E-state index contributed by atoms with van der Waals surface area (Å²) >= 11 is 3.23. The van der Waals surface area contributed by atoms with Gasteiger partial charge in [0.2, 0.25) is 0 Å². The van der Waals surface area contributed by atoms with Crippen LogP contribution in [0, 0.1) is 0 Å². The number of amides is 1. The van der Waals surface area contributed by atoms with E-state index in [1.54, 1.807) is 18.3 Å². The number of aliphatic hydroxyl groups excluding tert-OH is 1. The fourth-order valence-corrected chi connectivity index (χ4v) is 2.22. The molecule has 0 bridgehead atoms. The quantitative estimate of drug-likeness (QED) is 0.827. The van der Waals surface area contributed by atoms with Crippen molar-refractivity contribution in [3.63, 3.8) is 0 Å². The predicted octanol–water partition coefficient (Wildman–Crippen LogP) is 1.49. The van der Waals surface area contributed by atoms with Crippen molar-refractivity contribution >= 4 is 21.8 Å². The molecule has 2 rings (SSSR count). The van der Waals surface area contributed by atoms with Gasteiger partial charge in [0.25, 0.3) is 5.91 Å². The maximum atomic E-state index is 11.9. The van der Waals surface area contributed by atoms with Crippen LogP contribution in [0.3, 0.4) is 0 Å². The van der Waals surface area contributed by atoms with Crippen molar-refractivity contribution in [1.82, 2.24) is 10.3 Å². The number of rotatable bonds is 3. The second kappa shape index (κ2) is 4.51. The lowest BCUT2D eigenvalue weighted by atomic mass is 9.77. The van der Waals surface area contributed by atoms with Crippen molar-refractivity contribution in [2.24, 2.45) is 0 Å². The minimum absolute atomic E-state index is 0.00335. The van der Waals surface area contributed by atoms with E-state index in [0.29, 0.717) is 10.2 Å². The summed E-state index contributed by atoms with van der Waals surface area (Å²) in [6.07, 6.45) is 4.35. The van der Waals surface area contributed by atoms with E-state index >= 15 is 0 Å². The first-order chi connectivity index (χ1) is 7.67. The van der Waals surface area contributed by atoms with Crippen LogP contribution in [0.2, 0.25) is 0 Å². The summed E-state index contributed by atoms with van der Waals surface area (Å²) in [7, 11) is 0. The van der Waals surface area contributed by atoms with Crippen LogP contribution < -0.4 is 5.32 Å². The first-order valence-corrected chi connectivity index (χ1v) is 6.00. The molecule has 1 amide bonds. The highest BCUT2D eigenvalue weighted by molar-refractivity contribution is 9.10. The topological polar surface area (TPSA) is 62.2 Å². The molecule has 1 aliphatic carbocycles. The number of nitrogens with one attached hydrogen (secondary N) is 1. The number of carbonyl (C=O) groups excluding carboxylic acids is 1. The number of hydrogen-bond donors (Lipinski definition) is 2. The first kappa shape index (κ1) is 11.5. The van der Waals surface area contributed by atoms with Crippen molar-refractivity contribution in [3.8, 4) is 0 Å². The Morgan fingerprint density at radius 3 is 2.88 bits per heavy atom. The third kappa shape index (κ3) is 2.10. The van der Waals surface area contributed by atoms with Crippen LogP contribution in [0.1, 0.15) is 29.6 Å². The smallest absolute Gasteiger partial charge is 0.254 e. The molecule has 1 saturated carbocycles. The molecule has 1 aliphatic rings. The van der Waals surface area contributed by atoms with E-state index in [-0.39, 0.29) is 12.5 Å². The summed E-state index contributed by atoms with van der Waals surface area (Å²) in [5.41, 5.74) is 0.0917. The van der Waals surface area contributed by atoms with Gasteiger partial charge in [0.05, 0.1) is 17.7 Å². The van der Waals surface area contributed by atoms with Crippen LogP contribution in [-0.2, 0) is 0 Å². The highest BCUT2D eigenvalue weighted by atomic mass is 79.9. The molecule has 1 fully saturated rings. The minimum atomic E-state index is -0.410. The molecule has 0 aromatic carbocycles. The van der Waals surface area contributed by atoms with Crippen molar-refractivity contribution in [1.29, 1.82) is 0 Å². The van der Waals surface area contributed by atoms with Crippen LogP contribution in [-0.4, -0.2) is 28.1 Å². The predicted molar refractivity (Wildman–Crippen MR) is 63.1 cm³/mol. The molecule has 0 spiro atoms. The molecule has 5 heteroatoms. The number of halogens is 1. The van der Waals surface area contributed by atoms with Crippen LogP contribution >= 0.6 is 15.9 Å². The third-order valence-electron chi connectivity index (χ3n) is 3.00. The summed E-state index contributed by atoms with van der Waals surface area (Å²) in [6, 6.07) is 3.42. The van der Waals surface area contributed by atoms with Crippen molar-refractivity contribution < 1.29 is 9.90 Å². The number of aliphatic hydroxyl groups is 1. The van der Waals surface area contributed by atoms with Gasteiger partial charge in [0.1, 0.15) is 4.60 Å². The Kier molecular flexibility index (Phi) is 3.25. The minimum Gasteiger partial charge on any atom is -0.394 e. The first-order valence-electron chi connectivity index (χ1n) is 5.21. The van der Waals surface area contributed by atoms with Gasteiger partial charge in [-0.25, -0.2) is 4.98 Å². The molecule has 0 aliphatic heterocycles. The summed E-state index contributed by atoms with van der Waals surface area (Å²) in [6.45, 7) is -0.00335. The molecule has 1 aromatic heterocycles. The van der Waals surface area contributed by atoms with E-state index < -0.39 is 5.54 Å². The molecule has 86 valence electrons. The monoisotopic (exact) mass is 284 g/mol. The molecule has 4 nitrogen and oxygen atoms in total. The lowest BCUT2D eigenvalue weighted by Gasteiger charge is -2.40. The van der Waals surface area contributed by atoms with Gasteiger partial charge < -0.3 is 10.4 Å². The Labute approximate surface area is 102 Å². The Hall–Kier alpha value is -0.940. The van der Waals surface area contributed by atoms with E-state index in [4.69, 9.17) is 0 Å². The largest absolute Gasteiger partial charge is 0.394 e. The van der Waals surface area contributed by atoms with Crippen LogP contribution in [0.25, 0.3) is 0 Å². The molecule has 0 saturated heterocycles. The highest BCUT2D eigenvalue weighted by Gasteiger charge is 2.38. The fraction of sp³-hybridized carbons (Fsp3) is 0.455. The average Bonchev–Trinajstić information content (AvgIpc) is 2.24. The molecule has 1 heterocycles. The van der Waals surface area contributed by atoms with Gasteiger partial charge in [-0.1, -0.05) is 0 Å². The number of hydrogen-bond acceptors (Lipinski definition) is 3. The lowest BCUT2D eigenvalue weighted by molar-refractivity contribution is 0.0640. The molecule has 0 radical (unpaired) electrons. The maximum Gasteiger partial charge on any atom is 0.254 e. The Bertz CT molecular complexity index is 399. The Morgan fingerprint density at radius 2 is 2.38 bits per heavy atom. The van der Waals surface area contributed by atoms with Gasteiger partial charge in [-0.2, -0.15) is 0 Å². The van der Waals surface area contributed by atoms with E-state index in [1.165, 1.54) is 0 Å². The summed E-state index contributed by atoms with van der Waals surface area (Å²) < 4.78 is 0.528. The Balaban J connectivity index is 2.11. The van der Waals surface area contributed by atoms with E-state index in [1.807, 2.05) is 0 Å². The SMILES string of the molecule is O=C(NC1(CO)CCC1)c1cccnc1Br. The molecule has 0 unspecified atom stereocenters. The number of carbonyl (C=O) groups is 1. The zero-order valence-corrected chi connectivity index (χ0v) is 10.3. The van der Waals surface area contributed by atoms with Crippen molar-refractivity contribution in [2.75, 3.05) is 6.61 Å². The van der Waals surface area contributed by atoms with Gasteiger partial charge in [-0.3, -0.25) is 4.79 Å². The van der Waals surface area contributed by atoms with Crippen molar-refractivity contribution in [2.45, 2.75) is 24.8 Å². The van der Waals surface area contributed by atoms with Gasteiger partial charge >= 0.3 is 0 Å². The summed E-state index contributed by atoms with van der Waals surface area (Å²) in [5, 5.41) is 12.1. The van der Waals surface area contributed by atoms with Crippen LogP contribution in [0.5, 0.6) is 0 Å². The molecule has 1 aromatic rings. The van der Waals surface area contributed by atoms with Gasteiger partial charge in [0.15, 0.2) is 0 Å². The Morgan fingerprint density at radius 1 is 1.62 bits per heavy atom. The van der Waals surface area contributed by atoms with E-state index in [2.05, 4.69) is 26.2 Å². The molecule has 0 atom stereocenters. The van der Waals surface area contributed by atoms with Crippen molar-refractivity contribution in [3.05, 3.63) is 28.5 Å². The molecule has 2 N–H and O–H groups in total. The average molecular weight is 285 g/mol. The maximum absolute atomic E-state index is 11.9.